The topological polar surface area (TPSA) is 38.1 Å². The number of carbonyl (C=O) groups excluding carboxylic acids is 1. The molecule has 4 nitrogen and oxygen atoms in total. The molecule has 24 heavy (non-hydrogen) atoms. The van der Waals surface area contributed by atoms with Crippen LogP contribution in [0.4, 0.5) is 5.69 Å². The molecule has 2 heterocycles. The van der Waals surface area contributed by atoms with Crippen LogP contribution < -0.4 is 4.90 Å². The van der Waals surface area contributed by atoms with Gasteiger partial charge in [0.2, 0.25) is 5.91 Å². The lowest BCUT2D eigenvalue weighted by atomic mass is 10.1. The summed E-state index contributed by atoms with van der Waals surface area (Å²) in [5.41, 5.74) is 4.17. The van der Waals surface area contributed by atoms with Gasteiger partial charge in [0, 0.05) is 30.4 Å². The van der Waals surface area contributed by atoms with Crippen molar-refractivity contribution in [2.75, 3.05) is 11.4 Å². The Morgan fingerprint density at radius 3 is 2.75 bits per heavy atom. The van der Waals surface area contributed by atoms with Crippen LogP contribution in [0.25, 0.3) is 11.0 Å². The highest BCUT2D eigenvalue weighted by Crippen LogP contribution is 2.36. The number of para-hydroxylation sites is 2. The van der Waals surface area contributed by atoms with Crippen molar-refractivity contribution in [1.82, 2.24) is 9.55 Å². The highest BCUT2D eigenvalue weighted by molar-refractivity contribution is 9.10. The first-order valence-electron chi connectivity index (χ1n) is 8.03. The molecular formula is C19H18BrN3O. The van der Waals surface area contributed by atoms with Crippen LogP contribution in [0.5, 0.6) is 0 Å². The van der Waals surface area contributed by atoms with Gasteiger partial charge >= 0.3 is 0 Å². The maximum absolute atomic E-state index is 12.6. The molecule has 0 saturated carbocycles. The molecule has 0 N–H and O–H groups in total. The fraction of sp³-hybridized carbons (Fsp3) is 0.263. The lowest BCUT2D eigenvalue weighted by Gasteiger charge is -2.19. The second kappa shape index (κ2) is 5.74. The zero-order chi connectivity index (χ0) is 16.8. The average molecular weight is 384 g/mol. The number of hydrogen-bond donors (Lipinski definition) is 0. The van der Waals surface area contributed by atoms with Gasteiger partial charge < -0.3 is 9.47 Å². The Hall–Kier alpha value is -2.14. The maximum Gasteiger partial charge on any atom is 0.227 e. The molecule has 0 spiro atoms. The van der Waals surface area contributed by atoms with Gasteiger partial charge in [0.15, 0.2) is 0 Å². The van der Waals surface area contributed by atoms with Crippen LogP contribution in [0, 0.1) is 6.92 Å². The first-order chi connectivity index (χ1) is 11.6. The molecule has 1 amide bonds. The number of halogens is 1. The second-order valence-corrected chi connectivity index (χ2v) is 7.12. The minimum Gasteiger partial charge on any atom is -0.331 e. The predicted molar refractivity (Wildman–Crippen MR) is 99.3 cm³/mol. The second-order valence-electron chi connectivity index (χ2n) is 6.33. The van der Waals surface area contributed by atoms with Crippen molar-refractivity contribution < 1.29 is 4.79 Å². The van der Waals surface area contributed by atoms with Gasteiger partial charge in [-0.3, -0.25) is 4.79 Å². The van der Waals surface area contributed by atoms with Crippen molar-refractivity contribution in [2.24, 2.45) is 7.05 Å². The predicted octanol–water partition coefficient (Wildman–Crippen LogP) is 4.16. The van der Waals surface area contributed by atoms with Gasteiger partial charge in [0.1, 0.15) is 5.82 Å². The van der Waals surface area contributed by atoms with Crippen molar-refractivity contribution in [3.05, 3.63) is 58.3 Å². The molecule has 0 aliphatic carbocycles. The van der Waals surface area contributed by atoms with E-state index in [9.17, 15) is 4.79 Å². The number of carbonyl (C=O) groups is 1. The molecule has 122 valence electrons. The Labute approximate surface area is 149 Å². The van der Waals surface area contributed by atoms with Crippen LogP contribution >= 0.6 is 15.9 Å². The summed E-state index contributed by atoms with van der Waals surface area (Å²) in [5, 5.41) is 0. The monoisotopic (exact) mass is 383 g/mol. The van der Waals surface area contributed by atoms with E-state index >= 15 is 0 Å². The Kier molecular flexibility index (Phi) is 3.68. The molecule has 1 fully saturated rings. The van der Waals surface area contributed by atoms with Crippen LogP contribution in [-0.4, -0.2) is 22.0 Å². The van der Waals surface area contributed by atoms with E-state index in [4.69, 9.17) is 4.98 Å². The zero-order valence-electron chi connectivity index (χ0n) is 13.7. The lowest BCUT2D eigenvalue weighted by molar-refractivity contribution is -0.117. The number of nitrogens with zero attached hydrogens (tertiary/aromatic N) is 3. The Morgan fingerprint density at radius 1 is 1.17 bits per heavy atom. The Balaban J connectivity index is 1.71. The zero-order valence-corrected chi connectivity index (χ0v) is 15.2. The summed E-state index contributed by atoms with van der Waals surface area (Å²) in [6.45, 7) is 2.70. The molecule has 0 radical (unpaired) electrons. The maximum atomic E-state index is 12.6. The van der Waals surface area contributed by atoms with Crippen molar-refractivity contribution >= 4 is 38.6 Å². The third kappa shape index (κ3) is 2.35. The molecule has 4 rings (SSSR count). The van der Waals surface area contributed by atoms with Gasteiger partial charge in [-0.1, -0.05) is 24.3 Å². The molecule has 1 aliphatic heterocycles. The van der Waals surface area contributed by atoms with Crippen LogP contribution in [0.3, 0.4) is 0 Å². The van der Waals surface area contributed by atoms with E-state index < -0.39 is 0 Å². The van der Waals surface area contributed by atoms with Crippen LogP contribution in [0.2, 0.25) is 0 Å². The molecule has 0 bridgehead atoms. The number of imidazole rings is 1. The minimum atomic E-state index is 0.113. The van der Waals surface area contributed by atoms with E-state index in [1.807, 2.05) is 55.3 Å². The number of benzene rings is 2. The van der Waals surface area contributed by atoms with Crippen LogP contribution in [-0.2, 0) is 11.8 Å². The average Bonchev–Trinajstić information content (AvgIpc) is 3.11. The number of rotatable bonds is 2. The van der Waals surface area contributed by atoms with Crippen molar-refractivity contribution in [3.8, 4) is 0 Å². The van der Waals surface area contributed by atoms with Crippen LogP contribution in [0.15, 0.2) is 46.9 Å². The number of fused-ring (bicyclic) bond motifs is 1. The molecular weight excluding hydrogens is 366 g/mol. The van der Waals surface area contributed by atoms with Gasteiger partial charge in [-0.15, -0.1) is 0 Å². The van der Waals surface area contributed by atoms with Crippen molar-refractivity contribution in [3.63, 3.8) is 0 Å². The fourth-order valence-corrected chi connectivity index (χ4v) is 3.96. The quantitative estimate of drug-likeness (QED) is 0.665. The van der Waals surface area contributed by atoms with E-state index in [0.717, 1.165) is 32.6 Å². The number of hydrogen-bond acceptors (Lipinski definition) is 2. The molecule has 1 aliphatic rings. The minimum absolute atomic E-state index is 0.113. The molecule has 1 atom stereocenters. The third-order valence-electron chi connectivity index (χ3n) is 4.77. The summed E-state index contributed by atoms with van der Waals surface area (Å²) in [5.74, 6) is 1.25. The Morgan fingerprint density at radius 2 is 1.96 bits per heavy atom. The summed E-state index contributed by atoms with van der Waals surface area (Å²) in [7, 11) is 2.03. The largest absolute Gasteiger partial charge is 0.331 e. The number of aromatic nitrogens is 2. The summed E-state index contributed by atoms with van der Waals surface area (Å²) < 4.78 is 3.10. The molecule has 5 heteroatoms. The molecule has 2 aromatic carbocycles. The SMILES string of the molecule is Cc1cccc(N2CC(c3nc4ccccc4n3C)CC2=O)c1Br. The van der Waals surface area contributed by atoms with Gasteiger partial charge in [-0.2, -0.15) is 0 Å². The summed E-state index contributed by atoms with van der Waals surface area (Å²) in [6, 6.07) is 14.1. The number of anilines is 1. The van der Waals surface area contributed by atoms with E-state index in [-0.39, 0.29) is 11.8 Å². The molecule has 3 aromatic rings. The first-order valence-corrected chi connectivity index (χ1v) is 8.82. The number of aryl methyl sites for hydroxylation is 2. The fourth-order valence-electron chi connectivity index (χ4n) is 3.48. The Bertz CT molecular complexity index is 947. The van der Waals surface area contributed by atoms with E-state index in [1.54, 1.807) is 0 Å². The lowest BCUT2D eigenvalue weighted by Crippen LogP contribution is -2.25. The smallest absolute Gasteiger partial charge is 0.227 e. The summed E-state index contributed by atoms with van der Waals surface area (Å²) in [6.07, 6.45) is 0.498. The normalized spacial score (nSPS) is 17.9. The first kappa shape index (κ1) is 15.4. The van der Waals surface area contributed by atoms with Crippen molar-refractivity contribution in [2.45, 2.75) is 19.3 Å². The van der Waals surface area contributed by atoms with E-state index in [0.29, 0.717) is 13.0 Å². The summed E-state index contributed by atoms with van der Waals surface area (Å²) in [4.78, 5) is 19.3. The van der Waals surface area contributed by atoms with Gasteiger partial charge in [0.05, 0.1) is 16.7 Å². The third-order valence-corrected chi connectivity index (χ3v) is 5.81. The summed E-state index contributed by atoms with van der Waals surface area (Å²) >= 11 is 3.62. The molecule has 1 aromatic heterocycles. The highest BCUT2D eigenvalue weighted by Gasteiger charge is 2.35. The van der Waals surface area contributed by atoms with Gasteiger partial charge in [0.25, 0.3) is 0 Å². The highest BCUT2D eigenvalue weighted by atomic mass is 79.9. The molecule has 1 saturated heterocycles. The van der Waals surface area contributed by atoms with Crippen LogP contribution in [0.1, 0.15) is 23.7 Å². The van der Waals surface area contributed by atoms with E-state index in [2.05, 4.69) is 26.6 Å². The number of amides is 1. The van der Waals surface area contributed by atoms with E-state index in [1.165, 1.54) is 0 Å². The standard InChI is InChI=1S/C19H18BrN3O/c1-12-6-5-9-16(18(12)20)23-11-13(10-17(23)24)19-21-14-7-3-4-8-15(14)22(19)2/h3-9,13H,10-11H2,1-2H3. The molecule has 1 unspecified atom stereocenters. The van der Waals surface area contributed by atoms with Crippen molar-refractivity contribution in [1.29, 1.82) is 0 Å². The van der Waals surface area contributed by atoms with Gasteiger partial charge in [-0.25, -0.2) is 4.98 Å². The van der Waals surface area contributed by atoms with Gasteiger partial charge in [-0.05, 0) is 46.6 Å².